The second-order valence-electron chi connectivity index (χ2n) is 4.20. The van der Waals surface area contributed by atoms with Gasteiger partial charge in [-0.3, -0.25) is 0 Å². The minimum atomic E-state index is 0.279. The van der Waals surface area contributed by atoms with Crippen LogP contribution in [0.5, 0.6) is 0 Å². The average molecular weight is 225 g/mol. The summed E-state index contributed by atoms with van der Waals surface area (Å²) in [4.78, 5) is 4.37. The van der Waals surface area contributed by atoms with Crippen LogP contribution < -0.4 is 5.32 Å². The second-order valence-corrected chi connectivity index (χ2v) is 4.20. The van der Waals surface area contributed by atoms with Crippen molar-refractivity contribution >= 4 is 0 Å². The first kappa shape index (κ1) is 13.2. The van der Waals surface area contributed by atoms with E-state index in [0.717, 1.165) is 25.4 Å². The maximum Gasteiger partial charge on any atom is 0.110 e. The van der Waals surface area contributed by atoms with Gasteiger partial charge in [0, 0.05) is 31.4 Å². The molecule has 0 aliphatic heterocycles. The first-order valence-corrected chi connectivity index (χ1v) is 5.96. The van der Waals surface area contributed by atoms with Crippen LogP contribution in [0, 0.1) is 0 Å². The highest BCUT2D eigenvalue weighted by Crippen LogP contribution is 2.03. The van der Waals surface area contributed by atoms with E-state index in [1.165, 1.54) is 0 Å². The molecule has 16 heavy (non-hydrogen) atoms. The Kier molecular flexibility index (Phi) is 5.49. The van der Waals surface area contributed by atoms with E-state index in [1.54, 1.807) is 0 Å². The Morgan fingerprint density at radius 1 is 1.50 bits per heavy atom. The molecule has 1 rings (SSSR count). The first-order valence-electron chi connectivity index (χ1n) is 5.96. The average Bonchev–Trinajstić information content (AvgIpc) is 2.70. The largest absolute Gasteiger partial charge is 0.377 e. The molecule has 0 aliphatic carbocycles. The van der Waals surface area contributed by atoms with E-state index in [2.05, 4.69) is 35.6 Å². The van der Waals surface area contributed by atoms with Crippen molar-refractivity contribution in [2.75, 3.05) is 13.7 Å². The molecule has 92 valence electrons. The molecule has 1 heterocycles. The monoisotopic (exact) mass is 225 g/mol. The molecule has 0 aliphatic rings. The van der Waals surface area contributed by atoms with Crippen LogP contribution in [-0.4, -0.2) is 35.4 Å². The Morgan fingerprint density at radius 2 is 2.25 bits per heavy atom. The molecule has 0 radical (unpaired) electrons. The highest BCUT2D eigenvalue weighted by molar-refractivity contribution is 4.95. The fourth-order valence-electron chi connectivity index (χ4n) is 1.59. The summed E-state index contributed by atoms with van der Waals surface area (Å²) >= 11 is 0. The van der Waals surface area contributed by atoms with Crippen LogP contribution in [0.15, 0.2) is 12.4 Å². The third-order valence-corrected chi connectivity index (χ3v) is 2.61. The number of likely N-dealkylation sites (N-methyl/N-ethyl adjacent to an activating group) is 1. The number of aryl methyl sites for hydroxylation is 1. The molecule has 0 aromatic carbocycles. The van der Waals surface area contributed by atoms with Crippen molar-refractivity contribution in [3.05, 3.63) is 18.2 Å². The number of hydrogen-bond donors (Lipinski definition) is 1. The van der Waals surface area contributed by atoms with Gasteiger partial charge in [0.25, 0.3) is 0 Å². The Hall–Kier alpha value is -0.870. The van der Waals surface area contributed by atoms with Crippen LogP contribution in [0.2, 0.25) is 0 Å². The van der Waals surface area contributed by atoms with E-state index in [4.69, 9.17) is 4.74 Å². The van der Waals surface area contributed by atoms with E-state index in [9.17, 15) is 0 Å². The summed E-state index contributed by atoms with van der Waals surface area (Å²) in [6.07, 6.45) is 5.06. The van der Waals surface area contributed by atoms with Crippen molar-refractivity contribution in [2.45, 2.75) is 45.9 Å². The summed E-state index contributed by atoms with van der Waals surface area (Å²) in [5.41, 5.74) is 0. The van der Waals surface area contributed by atoms with Gasteiger partial charge in [-0.05, 0) is 27.8 Å². The van der Waals surface area contributed by atoms with E-state index < -0.39 is 0 Å². The number of nitrogens with zero attached hydrogens (tertiary/aromatic N) is 2. The zero-order valence-corrected chi connectivity index (χ0v) is 10.7. The molecule has 0 spiro atoms. The van der Waals surface area contributed by atoms with Gasteiger partial charge in [0.05, 0.1) is 12.7 Å². The van der Waals surface area contributed by atoms with Gasteiger partial charge in [0.15, 0.2) is 0 Å². The van der Waals surface area contributed by atoms with Crippen molar-refractivity contribution < 1.29 is 4.74 Å². The fraction of sp³-hybridized carbons (Fsp3) is 0.750. The van der Waals surface area contributed by atoms with Crippen molar-refractivity contribution in [3.8, 4) is 0 Å². The molecule has 0 amide bonds. The van der Waals surface area contributed by atoms with Crippen LogP contribution in [-0.2, 0) is 17.7 Å². The van der Waals surface area contributed by atoms with Crippen molar-refractivity contribution in [2.24, 2.45) is 0 Å². The first-order chi connectivity index (χ1) is 7.67. The predicted molar refractivity (Wildman–Crippen MR) is 65.5 cm³/mol. The number of ether oxygens (including phenoxy) is 1. The molecule has 1 atom stereocenters. The Morgan fingerprint density at radius 3 is 2.81 bits per heavy atom. The lowest BCUT2D eigenvalue weighted by Crippen LogP contribution is -2.34. The SMILES string of the molecule is CCn1ccnc1CC(COC(C)C)NC. The molecule has 1 unspecified atom stereocenters. The maximum atomic E-state index is 5.62. The molecule has 0 saturated heterocycles. The topological polar surface area (TPSA) is 39.1 Å². The Labute approximate surface area is 98.0 Å². The summed E-state index contributed by atoms with van der Waals surface area (Å²) in [5, 5.41) is 3.27. The quantitative estimate of drug-likeness (QED) is 0.763. The van der Waals surface area contributed by atoms with Crippen LogP contribution in [0.25, 0.3) is 0 Å². The van der Waals surface area contributed by atoms with Crippen molar-refractivity contribution in [3.63, 3.8) is 0 Å². The molecule has 1 aromatic heterocycles. The molecule has 4 nitrogen and oxygen atoms in total. The number of imidazole rings is 1. The van der Waals surface area contributed by atoms with Gasteiger partial charge in [-0.25, -0.2) is 4.98 Å². The lowest BCUT2D eigenvalue weighted by Gasteiger charge is -2.18. The normalized spacial score (nSPS) is 13.3. The number of aromatic nitrogens is 2. The molecule has 0 saturated carbocycles. The smallest absolute Gasteiger partial charge is 0.110 e. The van der Waals surface area contributed by atoms with Crippen molar-refractivity contribution in [1.29, 1.82) is 0 Å². The van der Waals surface area contributed by atoms with E-state index in [-0.39, 0.29) is 6.10 Å². The third-order valence-electron chi connectivity index (χ3n) is 2.61. The summed E-state index contributed by atoms with van der Waals surface area (Å²) in [7, 11) is 1.97. The van der Waals surface area contributed by atoms with E-state index >= 15 is 0 Å². The van der Waals surface area contributed by atoms with Gasteiger partial charge in [-0.2, -0.15) is 0 Å². The Balaban J connectivity index is 2.49. The van der Waals surface area contributed by atoms with Gasteiger partial charge >= 0.3 is 0 Å². The van der Waals surface area contributed by atoms with Gasteiger partial charge in [-0.15, -0.1) is 0 Å². The second kappa shape index (κ2) is 6.66. The number of nitrogens with one attached hydrogen (secondary N) is 1. The Bertz CT molecular complexity index is 296. The van der Waals surface area contributed by atoms with Crippen molar-refractivity contribution in [1.82, 2.24) is 14.9 Å². The van der Waals surface area contributed by atoms with E-state index in [1.807, 2.05) is 19.4 Å². The molecule has 0 bridgehead atoms. The summed E-state index contributed by atoms with van der Waals surface area (Å²) in [5.74, 6) is 1.12. The third kappa shape index (κ3) is 3.94. The summed E-state index contributed by atoms with van der Waals surface area (Å²) in [6.45, 7) is 7.94. The maximum absolute atomic E-state index is 5.62. The van der Waals surface area contributed by atoms with Crippen LogP contribution >= 0.6 is 0 Å². The zero-order valence-electron chi connectivity index (χ0n) is 10.7. The fourth-order valence-corrected chi connectivity index (χ4v) is 1.59. The summed E-state index contributed by atoms with van der Waals surface area (Å²) < 4.78 is 7.78. The standard InChI is InChI=1S/C12H23N3O/c1-5-15-7-6-14-12(15)8-11(13-4)9-16-10(2)3/h6-7,10-11,13H,5,8-9H2,1-4H3. The van der Waals surface area contributed by atoms with Crippen LogP contribution in [0.1, 0.15) is 26.6 Å². The highest BCUT2D eigenvalue weighted by atomic mass is 16.5. The lowest BCUT2D eigenvalue weighted by molar-refractivity contribution is 0.0622. The number of rotatable bonds is 7. The molecule has 0 fully saturated rings. The van der Waals surface area contributed by atoms with E-state index in [0.29, 0.717) is 6.04 Å². The minimum absolute atomic E-state index is 0.279. The molecule has 4 heteroatoms. The molecule has 1 N–H and O–H groups in total. The zero-order chi connectivity index (χ0) is 12.0. The molecular formula is C12H23N3O. The lowest BCUT2D eigenvalue weighted by atomic mass is 10.2. The van der Waals surface area contributed by atoms with Crippen LogP contribution in [0.4, 0.5) is 0 Å². The van der Waals surface area contributed by atoms with Gasteiger partial charge in [0.1, 0.15) is 5.82 Å². The van der Waals surface area contributed by atoms with Crippen LogP contribution in [0.3, 0.4) is 0 Å². The molecular weight excluding hydrogens is 202 g/mol. The molecule has 1 aromatic rings. The highest BCUT2D eigenvalue weighted by Gasteiger charge is 2.11. The summed E-state index contributed by atoms with van der Waals surface area (Å²) in [6, 6.07) is 0.329. The van der Waals surface area contributed by atoms with Gasteiger partial charge in [-0.1, -0.05) is 0 Å². The predicted octanol–water partition coefficient (Wildman–Crippen LogP) is 1.46. The number of hydrogen-bond acceptors (Lipinski definition) is 3. The minimum Gasteiger partial charge on any atom is -0.377 e. The van der Waals surface area contributed by atoms with Gasteiger partial charge in [0.2, 0.25) is 0 Å². The van der Waals surface area contributed by atoms with Gasteiger partial charge < -0.3 is 14.6 Å².